The third-order valence-corrected chi connectivity index (χ3v) is 6.59. The summed E-state index contributed by atoms with van der Waals surface area (Å²) >= 11 is 6.08. The molecule has 2 aromatic heterocycles. The topological polar surface area (TPSA) is 89.8 Å². The molecule has 0 radical (unpaired) electrons. The van der Waals surface area contributed by atoms with Gasteiger partial charge in [0.25, 0.3) is 5.91 Å². The minimum absolute atomic E-state index is 0.275. The van der Waals surface area contributed by atoms with Gasteiger partial charge in [0.05, 0.1) is 11.3 Å². The van der Waals surface area contributed by atoms with Gasteiger partial charge in [0.15, 0.2) is 5.82 Å². The summed E-state index contributed by atoms with van der Waals surface area (Å²) in [6, 6.07) is 16.9. The monoisotopic (exact) mass is 485 g/mol. The van der Waals surface area contributed by atoms with Crippen molar-refractivity contribution >= 4 is 29.6 Å². The lowest BCUT2D eigenvalue weighted by Crippen LogP contribution is -2.16. The van der Waals surface area contributed by atoms with E-state index in [1.54, 1.807) is 18.2 Å². The summed E-state index contributed by atoms with van der Waals surface area (Å²) in [6.07, 6.45) is 9.52. The molecule has 176 valence electrons. The summed E-state index contributed by atoms with van der Waals surface area (Å²) in [4.78, 5) is 33.3. The first-order valence-electron chi connectivity index (χ1n) is 11.7. The quantitative estimate of drug-likeness (QED) is 0.338. The van der Waals surface area contributed by atoms with Gasteiger partial charge in [-0.25, -0.2) is 9.97 Å². The van der Waals surface area contributed by atoms with Gasteiger partial charge < -0.3 is 5.32 Å². The lowest BCUT2D eigenvalue weighted by atomic mass is 9.83. The molecule has 1 aliphatic carbocycles. The van der Waals surface area contributed by atoms with Gasteiger partial charge in [-0.15, -0.1) is 0 Å². The van der Waals surface area contributed by atoms with Crippen molar-refractivity contribution in [3.05, 3.63) is 83.1 Å². The normalized spacial score (nSPS) is 14.0. The van der Waals surface area contributed by atoms with E-state index in [1.807, 2.05) is 30.3 Å². The molecule has 1 N–H and O–H groups in total. The molecule has 8 heteroatoms. The highest BCUT2D eigenvalue weighted by Gasteiger charge is 2.20. The van der Waals surface area contributed by atoms with Gasteiger partial charge in [-0.2, -0.15) is 9.78 Å². The van der Waals surface area contributed by atoms with Crippen LogP contribution in [0.2, 0.25) is 5.02 Å². The van der Waals surface area contributed by atoms with E-state index in [0.29, 0.717) is 34.3 Å². The fourth-order valence-electron chi connectivity index (χ4n) is 4.58. The van der Waals surface area contributed by atoms with Crippen LogP contribution in [0, 0.1) is 0 Å². The maximum atomic E-state index is 13.0. The standard InChI is InChI=1S/C27H24ClN5O2/c28-21-10-6-9-19(13-21)24-14-25(33(17-34)32-24)26-29-15-20(16-30-26)27(35)31-23-12-5-4-11-22(23)18-7-2-1-3-8-18/h4-6,9-18H,1-3,7-8H2,(H,31,35). The largest absolute Gasteiger partial charge is 0.322 e. The van der Waals surface area contributed by atoms with Gasteiger partial charge in [-0.3, -0.25) is 9.59 Å². The van der Waals surface area contributed by atoms with Crippen LogP contribution in [-0.4, -0.2) is 32.1 Å². The molecule has 1 fully saturated rings. The van der Waals surface area contributed by atoms with E-state index in [1.165, 1.54) is 41.9 Å². The Labute approximate surface area is 208 Å². The third kappa shape index (κ3) is 5.00. The number of hydrogen-bond acceptors (Lipinski definition) is 5. The van der Waals surface area contributed by atoms with E-state index in [2.05, 4.69) is 26.4 Å². The molecule has 35 heavy (non-hydrogen) atoms. The number of benzene rings is 2. The van der Waals surface area contributed by atoms with Gasteiger partial charge in [0.2, 0.25) is 6.41 Å². The molecule has 0 spiro atoms. The van der Waals surface area contributed by atoms with Crippen molar-refractivity contribution in [2.24, 2.45) is 0 Å². The number of carbonyl (C=O) groups excluding carboxylic acids is 2. The summed E-state index contributed by atoms with van der Waals surface area (Å²) in [5.74, 6) is 0.483. The molecule has 0 unspecified atom stereocenters. The molecular formula is C27H24ClN5O2. The molecule has 5 rings (SSSR count). The molecule has 0 bridgehead atoms. The van der Waals surface area contributed by atoms with E-state index in [4.69, 9.17) is 11.6 Å². The molecule has 0 atom stereocenters. The van der Waals surface area contributed by atoms with Crippen LogP contribution in [0.5, 0.6) is 0 Å². The summed E-state index contributed by atoms with van der Waals surface area (Å²) in [5.41, 5.74) is 4.11. The van der Waals surface area contributed by atoms with Gasteiger partial charge in [0, 0.05) is 28.7 Å². The van der Waals surface area contributed by atoms with Crippen LogP contribution in [0.4, 0.5) is 5.69 Å². The molecule has 1 saturated carbocycles. The van der Waals surface area contributed by atoms with Crippen LogP contribution in [0.25, 0.3) is 22.8 Å². The molecule has 7 nitrogen and oxygen atoms in total. The van der Waals surface area contributed by atoms with Crippen LogP contribution in [0.3, 0.4) is 0 Å². The van der Waals surface area contributed by atoms with E-state index < -0.39 is 0 Å². The highest BCUT2D eigenvalue weighted by Crippen LogP contribution is 2.36. The van der Waals surface area contributed by atoms with Crippen molar-refractivity contribution in [2.75, 3.05) is 5.32 Å². The highest BCUT2D eigenvalue weighted by atomic mass is 35.5. The summed E-state index contributed by atoms with van der Waals surface area (Å²) in [7, 11) is 0. The molecular weight excluding hydrogens is 462 g/mol. The number of rotatable bonds is 6. The fourth-order valence-corrected chi connectivity index (χ4v) is 4.77. The third-order valence-electron chi connectivity index (χ3n) is 6.35. The maximum Gasteiger partial charge on any atom is 0.258 e. The summed E-state index contributed by atoms with van der Waals surface area (Å²) in [5, 5.41) is 7.92. The Balaban J connectivity index is 1.36. The molecule has 0 aliphatic heterocycles. The zero-order valence-electron chi connectivity index (χ0n) is 19.0. The molecule has 0 saturated heterocycles. The Morgan fingerprint density at radius 2 is 1.77 bits per heavy atom. The van der Waals surface area contributed by atoms with Crippen LogP contribution >= 0.6 is 11.6 Å². The number of anilines is 1. The van der Waals surface area contributed by atoms with Crippen LogP contribution in [0.15, 0.2) is 67.0 Å². The molecule has 2 heterocycles. The van der Waals surface area contributed by atoms with Crippen molar-refractivity contribution in [3.8, 4) is 22.8 Å². The fraction of sp³-hybridized carbons (Fsp3) is 0.222. The second-order valence-electron chi connectivity index (χ2n) is 8.65. The second-order valence-corrected chi connectivity index (χ2v) is 9.08. The number of amides is 1. The van der Waals surface area contributed by atoms with E-state index >= 15 is 0 Å². The van der Waals surface area contributed by atoms with Crippen LogP contribution in [-0.2, 0) is 4.79 Å². The minimum atomic E-state index is -0.275. The Morgan fingerprint density at radius 3 is 2.51 bits per heavy atom. The summed E-state index contributed by atoms with van der Waals surface area (Å²) in [6.45, 7) is 0. The number of para-hydroxylation sites is 1. The van der Waals surface area contributed by atoms with Gasteiger partial charge in [-0.1, -0.05) is 61.2 Å². The van der Waals surface area contributed by atoms with Crippen molar-refractivity contribution in [3.63, 3.8) is 0 Å². The SMILES string of the molecule is O=Cn1nc(-c2cccc(Cl)c2)cc1-c1ncc(C(=O)Nc2ccccc2C2CCCCC2)cn1. The van der Waals surface area contributed by atoms with Crippen LogP contribution < -0.4 is 5.32 Å². The van der Waals surface area contributed by atoms with E-state index in [0.717, 1.165) is 24.1 Å². The van der Waals surface area contributed by atoms with Crippen LogP contribution in [0.1, 0.15) is 53.9 Å². The van der Waals surface area contributed by atoms with E-state index in [-0.39, 0.29) is 11.7 Å². The Hall–Kier alpha value is -3.84. The Kier molecular flexibility index (Phi) is 6.68. The number of aromatic nitrogens is 4. The average Bonchev–Trinajstić information content (AvgIpc) is 3.34. The first kappa shape index (κ1) is 22.9. The number of hydrogen-bond donors (Lipinski definition) is 1. The van der Waals surface area contributed by atoms with Gasteiger partial charge in [0.1, 0.15) is 5.69 Å². The van der Waals surface area contributed by atoms with Crippen molar-refractivity contribution in [1.82, 2.24) is 19.7 Å². The lowest BCUT2D eigenvalue weighted by Gasteiger charge is -2.24. The Morgan fingerprint density at radius 1 is 1.00 bits per heavy atom. The first-order chi connectivity index (χ1) is 17.1. The van der Waals surface area contributed by atoms with Gasteiger partial charge in [-0.05, 0) is 48.6 Å². The number of halogens is 1. The zero-order valence-corrected chi connectivity index (χ0v) is 19.8. The zero-order chi connectivity index (χ0) is 24.2. The molecule has 1 amide bonds. The highest BCUT2D eigenvalue weighted by molar-refractivity contribution is 6.30. The van der Waals surface area contributed by atoms with Crippen molar-refractivity contribution in [1.29, 1.82) is 0 Å². The predicted molar refractivity (Wildman–Crippen MR) is 136 cm³/mol. The average molecular weight is 486 g/mol. The molecule has 4 aromatic rings. The first-order valence-corrected chi connectivity index (χ1v) is 12.0. The number of nitrogens with zero attached hydrogens (tertiary/aromatic N) is 4. The molecule has 1 aliphatic rings. The van der Waals surface area contributed by atoms with Gasteiger partial charge >= 0.3 is 0 Å². The minimum Gasteiger partial charge on any atom is -0.322 e. The van der Waals surface area contributed by atoms with E-state index in [9.17, 15) is 9.59 Å². The predicted octanol–water partition coefficient (Wildman–Crippen LogP) is 6.00. The lowest BCUT2D eigenvalue weighted by molar-refractivity contribution is 0.102. The summed E-state index contributed by atoms with van der Waals surface area (Å²) < 4.78 is 1.17. The Bertz CT molecular complexity index is 1360. The second kappa shape index (κ2) is 10.2. The smallest absolute Gasteiger partial charge is 0.258 e. The van der Waals surface area contributed by atoms with Crippen molar-refractivity contribution < 1.29 is 9.59 Å². The van der Waals surface area contributed by atoms with Crippen molar-refractivity contribution in [2.45, 2.75) is 38.0 Å². The number of nitrogens with one attached hydrogen (secondary N) is 1. The number of carbonyl (C=O) groups is 2. The maximum absolute atomic E-state index is 13.0. The molecule has 2 aromatic carbocycles.